The third-order valence-corrected chi connectivity index (χ3v) is 4.58. The SMILES string of the molecule is CCCCCCC(OC(CCCCCC)[C@H]1CO1)[C@H]1CO1. The quantitative estimate of drug-likeness (QED) is 0.350. The summed E-state index contributed by atoms with van der Waals surface area (Å²) in [4.78, 5) is 0. The Balaban J connectivity index is 1.68. The van der Waals surface area contributed by atoms with Crippen LogP contribution >= 0.6 is 0 Å². The zero-order valence-electron chi connectivity index (χ0n) is 14.0. The molecular weight excluding hydrogens is 264 g/mol. The first-order valence-electron chi connectivity index (χ1n) is 9.23. The van der Waals surface area contributed by atoms with Crippen molar-refractivity contribution in [2.45, 2.75) is 102 Å². The summed E-state index contributed by atoms with van der Waals surface area (Å²) < 4.78 is 17.4. The van der Waals surface area contributed by atoms with Crippen molar-refractivity contribution in [3.05, 3.63) is 0 Å². The van der Waals surface area contributed by atoms with Crippen molar-refractivity contribution in [2.75, 3.05) is 13.2 Å². The summed E-state index contributed by atoms with van der Waals surface area (Å²) in [5, 5.41) is 0. The molecule has 2 rings (SSSR count). The molecule has 0 spiro atoms. The molecule has 0 aromatic heterocycles. The Morgan fingerprint density at radius 3 is 1.52 bits per heavy atom. The molecule has 2 saturated heterocycles. The molecule has 0 N–H and O–H groups in total. The molecule has 0 saturated carbocycles. The third-order valence-electron chi connectivity index (χ3n) is 4.58. The number of epoxide rings is 2. The van der Waals surface area contributed by atoms with Crippen molar-refractivity contribution in [3.8, 4) is 0 Å². The summed E-state index contributed by atoms with van der Waals surface area (Å²) in [6.45, 7) is 6.31. The molecule has 124 valence electrons. The summed E-state index contributed by atoms with van der Waals surface area (Å²) >= 11 is 0. The lowest BCUT2D eigenvalue weighted by molar-refractivity contribution is -0.0468. The highest BCUT2D eigenvalue weighted by atomic mass is 16.6. The van der Waals surface area contributed by atoms with Crippen molar-refractivity contribution < 1.29 is 14.2 Å². The van der Waals surface area contributed by atoms with Gasteiger partial charge in [-0.2, -0.15) is 0 Å². The Labute approximate surface area is 130 Å². The van der Waals surface area contributed by atoms with E-state index in [0.717, 1.165) is 26.1 Å². The lowest BCUT2D eigenvalue weighted by Gasteiger charge is -2.23. The molecule has 2 heterocycles. The second kappa shape index (κ2) is 9.81. The van der Waals surface area contributed by atoms with Crippen LogP contribution in [0.5, 0.6) is 0 Å². The van der Waals surface area contributed by atoms with Crippen LogP contribution in [0.3, 0.4) is 0 Å². The summed E-state index contributed by atoms with van der Waals surface area (Å²) in [6, 6.07) is 0. The predicted octanol–water partition coefficient (Wildman–Crippen LogP) is 4.48. The Morgan fingerprint density at radius 1 is 0.762 bits per heavy atom. The Bertz CT molecular complexity index is 235. The van der Waals surface area contributed by atoms with E-state index in [-0.39, 0.29) is 0 Å². The van der Waals surface area contributed by atoms with Gasteiger partial charge >= 0.3 is 0 Å². The molecule has 2 fully saturated rings. The number of hydrogen-bond acceptors (Lipinski definition) is 3. The highest BCUT2D eigenvalue weighted by Gasteiger charge is 2.39. The summed E-state index contributed by atoms with van der Waals surface area (Å²) in [6.07, 6.45) is 14.1. The van der Waals surface area contributed by atoms with Crippen LogP contribution < -0.4 is 0 Å². The van der Waals surface area contributed by atoms with E-state index in [2.05, 4.69) is 13.8 Å². The van der Waals surface area contributed by atoms with Crippen molar-refractivity contribution in [1.29, 1.82) is 0 Å². The fourth-order valence-electron chi connectivity index (χ4n) is 2.99. The van der Waals surface area contributed by atoms with Crippen molar-refractivity contribution in [3.63, 3.8) is 0 Å². The fraction of sp³-hybridized carbons (Fsp3) is 1.00. The molecule has 2 unspecified atom stereocenters. The van der Waals surface area contributed by atoms with Gasteiger partial charge in [0.25, 0.3) is 0 Å². The molecule has 0 bridgehead atoms. The molecule has 3 nitrogen and oxygen atoms in total. The van der Waals surface area contributed by atoms with Crippen molar-refractivity contribution in [1.82, 2.24) is 0 Å². The number of ether oxygens (including phenoxy) is 3. The van der Waals surface area contributed by atoms with Gasteiger partial charge in [-0.3, -0.25) is 0 Å². The molecule has 0 amide bonds. The maximum atomic E-state index is 6.41. The molecule has 0 radical (unpaired) electrons. The topological polar surface area (TPSA) is 34.3 Å². The first-order chi connectivity index (χ1) is 10.3. The van der Waals surface area contributed by atoms with E-state index in [0.29, 0.717) is 24.4 Å². The lowest BCUT2D eigenvalue weighted by Crippen LogP contribution is -2.30. The van der Waals surface area contributed by atoms with Crippen molar-refractivity contribution in [2.24, 2.45) is 0 Å². The molecule has 0 aliphatic carbocycles. The second-order valence-electron chi connectivity index (χ2n) is 6.66. The van der Waals surface area contributed by atoms with Gasteiger partial charge in [-0.1, -0.05) is 65.2 Å². The van der Waals surface area contributed by atoms with Gasteiger partial charge in [0.1, 0.15) is 12.2 Å². The average Bonchev–Trinajstić information content (AvgIpc) is 3.37. The monoisotopic (exact) mass is 298 g/mol. The van der Waals surface area contributed by atoms with Gasteiger partial charge in [0.15, 0.2) is 0 Å². The van der Waals surface area contributed by atoms with E-state index < -0.39 is 0 Å². The fourth-order valence-corrected chi connectivity index (χ4v) is 2.99. The molecule has 21 heavy (non-hydrogen) atoms. The summed E-state index contributed by atoms with van der Waals surface area (Å²) in [7, 11) is 0. The largest absolute Gasteiger partial charge is 0.370 e. The lowest BCUT2D eigenvalue weighted by atomic mass is 10.0. The van der Waals surface area contributed by atoms with E-state index in [1.165, 1.54) is 51.4 Å². The smallest absolute Gasteiger partial charge is 0.107 e. The first kappa shape index (κ1) is 17.2. The van der Waals surface area contributed by atoms with Gasteiger partial charge in [0.05, 0.1) is 25.4 Å². The molecule has 3 heteroatoms. The van der Waals surface area contributed by atoms with Crippen LogP contribution in [0.15, 0.2) is 0 Å². The zero-order valence-corrected chi connectivity index (χ0v) is 14.0. The standard InChI is InChI=1S/C18H34O3/c1-3-5-7-9-11-15(17-13-19-17)21-16(18-14-20-18)12-10-8-6-4-2/h15-18H,3-14H2,1-2H3/t15?,16?,17-,18-/m1/s1. The first-order valence-corrected chi connectivity index (χ1v) is 9.23. The zero-order chi connectivity index (χ0) is 14.9. The molecule has 2 aliphatic heterocycles. The Kier molecular flexibility index (Phi) is 8.05. The van der Waals surface area contributed by atoms with Crippen LogP contribution in [0.25, 0.3) is 0 Å². The van der Waals surface area contributed by atoms with Gasteiger partial charge in [-0.05, 0) is 12.8 Å². The molecule has 4 atom stereocenters. The van der Waals surface area contributed by atoms with Crippen molar-refractivity contribution >= 4 is 0 Å². The summed E-state index contributed by atoms with van der Waals surface area (Å²) in [5.41, 5.74) is 0. The minimum Gasteiger partial charge on any atom is -0.370 e. The van der Waals surface area contributed by atoms with Crippen LogP contribution in [-0.2, 0) is 14.2 Å². The average molecular weight is 298 g/mol. The maximum Gasteiger partial charge on any atom is 0.107 e. The normalized spacial score (nSPS) is 26.6. The van der Waals surface area contributed by atoms with Gasteiger partial charge in [0.2, 0.25) is 0 Å². The minimum atomic E-state index is 0.308. The van der Waals surface area contributed by atoms with Crippen LogP contribution in [0.2, 0.25) is 0 Å². The van der Waals surface area contributed by atoms with E-state index in [1.54, 1.807) is 0 Å². The molecule has 0 aromatic rings. The summed E-state index contributed by atoms with van der Waals surface area (Å²) in [5.74, 6) is 0. The maximum absolute atomic E-state index is 6.41. The second-order valence-corrected chi connectivity index (χ2v) is 6.66. The minimum absolute atomic E-state index is 0.308. The van der Waals surface area contributed by atoms with Crippen LogP contribution in [0, 0.1) is 0 Å². The van der Waals surface area contributed by atoms with Crippen LogP contribution in [0.4, 0.5) is 0 Å². The van der Waals surface area contributed by atoms with E-state index in [4.69, 9.17) is 14.2 Å². The van der Waals surface area contributed by atoms with Gasteiger partial charge in [-0.25, -0.2) is 0 Å². The number of unbranched alkanes of at least 4 members (excludes halogenated alkanes) is 6. The Morgan fingerprint density at radius 2 is 1.19 bits per heavy atom. The van der Waals surface area contributed by atoms with Gasteiger partial charge < -0.3 is 14.2 Å². The predicted molar refractivity (Wildman–Crippen MR) is 85.7 cm³/mol. The van der Waals surface area contributed by atoms with Crippen LogP contribution in [0.1, 0.15) is 78.1 Å². The molecule has 2 aliphatic rings. The van der Waals surface area contributed by atoms with Gasteiger partial charge in [0, 0.05) is 0 Å². The van der Waals surface area contributed by atoms with E-state index >= 15 is 0 Å². The molecule has 0 aromatic carbocycles. The van der Waals surface area contributed by atoms with Gasteiger partial charge in [-0.15, -0.1) is 0 Å². The van der Waals surface area contributed by atoms with E-state index in [1.807, 2.05) is 0 Å². The highest BCUT2D eigenvalue weighted by molar-refractivity contribution is 4.86. The highest BCUT2D eigenvalue weighted by Crippen LogP contribution is 2.29. The van der Waals surface area contributed by atoms with Crippen LogP contribution in [-0.4, -0.2) is 37.6 Å². The number of hydrogen-bond donors (Lipinski definition) is 0. The van der Waals surface area contributed by atoms with E-state index in [9.17, 15) is 0 Å². The third kappa shape index (κ3) is 7.12. The Hall–Kier alpha value is -0.120. The number of rotatable bonds is 14. The molecular formula is C18H34O3.